The number of piperidine rings is 1. The third kappa shape index (κ3) is 3.34. The van der Waals surface area contributed by atoms with Crippen LogP contribution >= 0.6 is 0 Å². The van der Waals surface area contributed by atoms with Gasteiger partial charge in [0.25, 0.3) is 5.91 Å². The van der Waals surface area contributed by atoms with Gasteiger partial charge in [-0.25, -0.2) is 9.97 Å². The summed E-state index contributed by atoms with van der Waals surface area (Å²) < 4.78 is 10.9. The molecule has 4 rings (SSSR count). The van der Waals surface area contributed by atoms with E-state index in [0.29, 0.717) is 25.7 Å². The van der Waals surface area contributed by atoms with Gasteiger partial charge < -0.3 is 19.1 Å². The quantitative estimate of drug-likeness (QED) is 0.810. The van der Waals surface area contributed by atoms with Crippen LogP contribution in [0.5, 0.6) is 0 Å². The van der Waals surface area contributed by atoms with Crippen molar-refractivity contribution in [3.05, 3.63) is 36.5 Å². The molecule has 25 heavy (non-hydrogen) atoms. The maximum Gasteiger partial charge on any atom is 0.292 e. The molecule has 2 aromatic rings. The average Bonchev–Trinajstić information content (AvgIpc) is 3.12. The number of amides is 1. The molecular weight excluding hydrogens is 322 g/mol. The molecule has 0 saturated carbocycles. The van der Waals surface area contributed by atoms with Crippen LogP contribution in [-0.2, 0) is 4.74 Å². The fourth-order valence-corrected chi connectivity index (χ4v) is 3.73. The lowest BCUT2D eigenvalue weighted by Crippen LogP contribution is -2.52. The summed E-state index contributed by atoms with van der Waals surface area (Å²) in [6, 6.07) is 3.42. The average molecular weight is 343 g/mol. The van der Waals surface area contributed by atoms with Crippen molar-refractivity contribution in [3.63, 3.8) is 0 Å². The van der Waals surface area contributed by atoms with E-state index in [1.165, 1.54) is 6.20 Å². The monoisotopic (exact) mass is 343 g/mol. The predicted octanol–water partition coefficient (Wildman–Crippen LogP) is 1.22. The highest BCUT2D eigenvalue weighted by Gasteiger charge is 2.41. The highest BCUT2D eigenvalue weighted by Crippen LogP contribution is 2.34. The summed E-state index contributed by atoms with van der Waals surface area (Å²) in [5.41, 5.74) is -0.121. The van der Waals surface area contributed by atoms with Crippen molar-refractivity contribution in [2.24, 2.45) is 5.41 Å². The van der Waals surface area contributed by atoms with Gasteiger partial charge in [-0.05, 0) is 18.9 Å². The summed E-state index contributed by atoms with van der Waals surface area (Å²) in [6.07, 6.45) is 6.95. The Morgan fingerprint density at radius 1 is 1.16 bits per heavy atom. The zero-order valence-electron chi connectivity index (χ0n) is 14.0. The maximum absolute atomic E-state index is 12.6. The molecule has 0 aliphatic carbocycles. The molecule has 2 aromatic heterocycles. The number of anilines is 1. The smallest absolute Gasteiger partial charge is 0.292 e. The molecule has 1 atom stereocenters. The first kappa shape index (κ1) is 16.0. The number of hydrogen-bond acceptors (Lipinski definition) is 7. The molecule has 0 radical (unpaired) electrons. The molecule has 4 heterocycles. The molecule has 2 fully saturated rings. The number of ether oxygens (including phenoxy) is 1. The Balaban J connectivity index is 1.53. The molecule has 0 bridgehead atoms. The van der Waals surface area contributed by atoms with E-state index in [1.54, 1.807) is 18.5 Å². The van der Waals surface area contributed by atoms with Gasteiger partial charge in [0, 0.05) is 50.1 Å². The van der Waals surface area contributed by atoms with Gasteiger partial charge in [-0.2, -0.15) is 0 Å². The molecule has 0 aromatic carbocycles. The van der Waals surface area contributed by atoms with Gasteiger partial charge in [0.05, 0.1) is 19.4 Å². The largest absolute Gasteiger partial charge is 0.379 e. The lowest BCUT2D eigenvalue weighted by Gasteiger charge is -2.43. The Morgan fingerprint density at radius 2 is 2.04 bits per heavy atom. The predicted molar refractivity (Wildman–Crippen MR) is 89.1 cm³/mol. The van der Waals surface area contributed by atoms with Gasteiger partial charge >= 0.3 is 0 Å². The minimum atomic E-state index is -0.121. The van der Waals surface area contributed by atoms with Gasteiger partial charge in [0.15, 0.2) is 0 Å². The molecule has 1 amide bonds. The van der Waals surface area contributed by atoms with E-state index < -0.39 is 0 Å². The Labute approximate surface area is 145 Å². The highest BCUT2D eigenvalue weighted by atomic mass is 16.5. The van der Waals surface area contributed by atoms with Crippen LogP contribution in [0.25, 0.3) is 0 Å². The topological polar surface area (TPSA) is 84.6 Å². The van der Waals surface area contributed by atoms with Crippen LogP contribution in [0.1, 0.15) is 23.4 Å². The first-order chi connectivity index (χ1) is 12.3. The first-order valence-electron chi connectivity index (χ1n) is 8.55. The lowest BCUT2D eigenvalue weighted by molar-refractivity contribution is 0.0119. The van der Waals surface area contributed by atoms with Crippen LogP contribution in [0.2, 0.25) is 0 Å². The zero-order valence-corrected chi connectivity index (χ0v) is 14.0. The fraction of sp³-hybridized carbons (Fsp3) is 0.529. The van der Waals surface area contributed by atoms with Crippen molar-refractivity contribution in [2.45, 2.75) is 12.8 Å². The molecule has 8 nitrogen and oxygen atoms in total. The molecule has 1 unspecified atom stereocenters. The fourth-order valence-electron chi connectivity index (χ4n) is 3.73. The Bertz CT molecular complexity index is 708. The van der Waals surface area contributed by atoms with Gasteiger partial charge in [-0.3, -0.25) is 4.79 Å². The van der Waals surface area contributed by atoms with E-state index in [-0.39, 0.29) is 17.1 Å². The second kappa shape index (κ2) is 6.79. The third-order valence-electron chi connectivity index (χ3n) is 4.87. The summed E-state index contributed by atoms with van der Waals surface area (Å²) >= 11 is 0. The van der Waals surface area contributed by atoms with E-state index in [9.17, 15) is 4.79 Å². The number of carbonyl (C=O) groups is 1. The molecule has 1 spiro atoms. The first-order valence-corrected chi connectivity index (χ1v) is 8.55. The van der Waals surface area contributed by atoms with Gasteiger partial charge in [0.1, 0.15) is 0 Å². The second-order valence-corrected chi connectivity index (χ2v) is 6.73. The summed E-state index contributed by atoms with van der Waals surface area (Å²) in [5, 5.41) is 3.64. The zero-order chi connectivity index (χ0) is 17.1. The van der Waals surface area contributed by atoms with E-state index in [4.69, 9.17) is 9.26 Å². The lowest BCUT2D eigenvalue weighted by atomic mass is 9.80. The minimum absolute atomic E-state index is 0.108. The second-order valence-electron chi connectivity index (χ2n) is 6.73. The van der Waals surface area contributed by atoms with Crippen LogP contribution in [-0.4, -0.2) is 65.3 Å². The number of hydrogen-bond donors (Lipinski definition) is 0. The normalized spacial score (nSPS) is 24.3. The van der Waals surface area contributed by atoms with Crippen LogP contribution in [0.3, 0.4) is 0 Å². The molecule has 132 valence electrons. The summed E-state index contributed by atoms with van der Waals surface area (Å²) in [7, 11) is 0. The third-order valence-corrected chi connectivity index (χ3v) is 4.87. The van der Waals surface area contributed by atoms with Gasteiger partial charge in [-0.1, -0.05) is 5.16 Å². The molecule has 2 aliphatic rings. The van der Waals surface area contributed by atoms with E-state index in [2.05, 4.69) is 20.0 Å². The Kier molecular flexibility index (Phi) is 4.35. The highest BCUT2D eigenvalue weighted by molar-refractivity contribution is 5.91. The Morgan fingerprint density at radius 3 is 2.84 bits per heavy atom. The van der Waals surface area contributed by atoms with Crippen molar-refractivity contribution >= 4 is 11.9 Å². The number of carbonyl (C=O) groups excluding carboxylic acids is 1. The van der Waals surface area contributed by atoms with Crippen LogP contribution < -0.4 is 4.90 Å². The van der Waals surface area contributed by atoms with Crippen molar-refractivity contribution < 1.29 is 14.1 Å². The van der Waals surface area contributed by atoms with Gasteiger partial charge in [-0.15, -0.1) is 0 Å². The van der Waals surface area contributed by atoms with Crippen molar-refractivity contribution in [2.75, 3.05) is 44.3 Å². The summed E-state index contributed by atoms with van der Waals surface area (Å²) in [6.45, 7) is 4.16. The number of aromatic nitrogens is 3. The molecule has 2 aliphatic heterocycles. The van der Waals surface area contributed by atoms with Crippen molar-refractivity contribution in [1.82, 2.24) is 20.0 Å². The van der Waals surface area contributed by atoms with Crippen molar-refractivity contribution in [1.29, 1.82) is 0 Å². The van der Waals surface area contributed by atoms with Crippen LogP contribution in [0.4, 0.5) is 5.95 Å². The van der Waals surface area contributed by atoms with E-state index in [0.717, 1.165) is 32.5 Å². The number of likely N-dealkylation sites (tertiary alicyclic amines) is 1. The number of rotatable bonds is 2. The van der Waals surface area contributed by atoms with Gasteiger partial charge in [0.2, 0.25) is 11.7 Å². The standard InChI is InChI=1S/C17H21N5O3/c23-15(14-3-7-20-25-14)21-8-1-4-17(11-21)12-22(9-10-24-13-17)16-18-5-2-6-19-16/h2-3,5-7H,1,4,8-13H2. The molecule has 0 N–H and O–H groups in total. The van der Waals surface area contributed by atoms with E-state index in [1.807, 2.05) is 11.0 Å². The molecule has 2 saturated heterocycles. The minimum Gasteiger partial charge on any atom is -0.379 e. The van der Waals surface area contributed by atoms with Crippen molar-refractivity contribution in [3.8, 4) is 0 Å². The molecule has 8 heteroatoms. The Hall–Kier alpha value is -2.48. The summed E-state index contributed by atoms with van der Waals surface area (Å²) in [4.78, 5) is 25.4. The van der Waals surface area contributed by atoms with Crippen LogP contribution in [0, 0.1) is 5.41 Å². The maximum atomic E-state index is 12.6. The molecular formula is C17H21N5O3. The SMILES string of the molecule is O=C(c1ccno1)N1CCCC2(COCCN(c3ncccn3)C2)C1. The summed E-state index contributed by atoms with van der Waals surface area (Å²) in [5.74, 6) is 0.893. The number of nitrogens with zero attached hydrogens (tertiary/aromatic N) is 5. The van der Waals surface area contributed by atoms with E-state index >= 15 is 0 Å². The van der Waals surface area contributed by atoms with Crippen LogP contribution in [0.15, 0.2) is 35.2 Å².